The summed E-state index contributed by atoms with van der Waals surface area (Å²) >= 11 is 0. The van der Waals surface area contributed by atoms with Crippen LogP contribution in [0.3, 0.4) is 0 Å². The number of carbonyl (C=O) groups excluding carboxylic acids is 1. The minimum Gasteiger partial charge on any atom is -0.445 e. The number of ether oxygens (including phenoxy) is 1. The van der Waals surface area contributed by atoms with Crippen molar-refractivity contribution in [2.75, 3.05) is 5.73 Å². The summed E-state index contributed by atoms with van der Waals surface area (Å²) in [6, 6.07) is 37.6. The molecule has 0 saturated carbocycles. The number of carbonyl (C=O) groups is 1. The summed E-state index contributed by atoms with van der Waals surface area (Å²) in [6.45, 7) is 0.0414. The molecule has 39 heavy (non-hydrogen) atoms. The molecule has 0 aromatic heterocycles. The maximum absolute atomic E-state index is 14.7. The molecular weight excluding hydrogens is 511 g/mol. The van der Waals surface area contributed by atoms with Crippen LogP contribution in [0.4, 0.5) is 10.5 Å². The predicted octanol–water partition coefficient (Wildman–Crippen LogP) is 7.70. The van der Waals surface area contributed by atoms with Gasteiger partial charge in [-0.05, 0) is 64.4 Å². The van der Waals surface area contributed by atoms with E-state index in [4.69, 9.17) is 19.5 Å². The van der Waals surface area contributed by atoms with Gasteiger partial charge in [0, 0.05) is 5.69 Å². The van der Waals surface area contributed by atoms with Crippen LogP contribution in [0.1, 0.15) is 16.9 Å². The van der Waals surface area contributed by atoms with Crippen LogP contribution in [-0.4, -0.2) is 6.09 Å². The third-order valence-corrected chi connectivity index (χ3v) is 7.93. The fourth-order valence-corrected chi connectivity index (χ4v) is 5.92. The van der Waals surface area contributed by atoms with E-state index < -0.39 is 19.5 Å². The number of para-hydroxylation sites is 2. The zero-order valence-electron chi connectivity index (χ0n) is 21.0. The van der Waals surface area contributed by atoms with Crippen LogP contribution in [0.2, 0.25) is 0 Å². The molecule has 0 bridgehead atoms. The highest BCUT2D eigenvalue weighted by Gasteiger charge is 2.42. The Labute approximate surface area is 226 Å². The highest BCUT2D eigenvalue weighted by molar-refractivity contribution is 7.55. The first kappa shape index (κ1) is 25.9. The van der Waals surface area contributed by atoms with Crippen molar-refractivity contribution in [3.8, 4) is 11.5 Å². The Hall–Kier alpha value is -4.74. The summed E-state index contributed by atoms with van der Waals surface area (Å²) in [5, 5.41) is 4.50. The van der Waals surface area contributed by atoms with Crippen LogP contribution >= 0.6 is 7.60 Å². The molecule has 7 nitrogen and oxygen atoms in total. The summed E-state index contributed by atoms with van der Waals surface area (Å²) in [7, 11) is -4.17. The largest absolute Gasteiger partial charge is 0.457 e. The smallest absolute Gasteiger partial charge is 0.445 e. The Balaban J connectivity index is 1.54. The number of benzene rings is 5. The van der Waals surface area contributed by atoms with Gasteiger partial charge in [0.25, 0.3) is 0 Å². The Bertz CT molecular complexity index is 1550. The Morgan fingerprint density at radius 3 is 1.87 bits per heavy atom. The zero-order valence-corrected chi connectivity index (χ0v) is 21.9. The second-order valence-electron chi connectivity index (χ2n) is 8.82. The number of alkyl carbamates (subject to hydrolysis) is 1. The Kier molecular flexibility index (Phi) is 7.80. The van der Waals surface area contributed by atoms with Gasteiger partial charge in [0.15, 0.2) is 5.78 Å². The van der Waals surface area contributed by atoms with Gasteiger partial charge in [-0.2, -0.15) is 0 Å². The van der Waals surface area contributed by atoms with Gasteiger partial charge in [0.2, 0.25) is 0 Å². The van der Waals surface area contributed by atoms with E-state index in [-0.39, 0.29) is 6.61 Å². The zero-order chi connectivity index (χ0) is 27.1. The monoisotopic (exact) mass is 538 g/mol. The van der Waals surface area contributed by atoms with E-state index in [1.807, 2.05) is 66.7 Å². The third kappa shape index (κ3) is 6.58. The van der Waals surface area contributed by atoms with Crippen LogP contribution in [0.25, 0.3) is 10.8 Å². The summed E-state index contributed by atoms with van der Waals surface area (Å²) in [4.78, 5) is 13.1. The number of rotatable bonds is 9. The summed E-state index contributed by atoms with van der Waals surface area (Å²) in [5.41, 5.74) is 7.91. The van der Waals surface area contributed by atoms with Gasteiger partial charge >= 0.3 is 13.7 Å². The first-order chi connectivity index (χ1) is 19.0. The van der Waals surface area contributed by atoms with Gasteiger partial charge in [0.05, 0.1) is 0 Å². The standard InChI is InChI=1S/C31H27N2O5P/c32-27-19-18-24-20-26(17-16-25(24)21-27)30(33-31(34)36-22-23-10-4-1-5-11-23)39(35,37-28-12-6-2-7-13-28)38-29-14-8-3-9-15-29/h1-21,30H,22,32H2,(H,33,34). The van der Waals surface area contributed by atoms with Gasteiger partial charge in [-0.15, -0.1) is 0 Å². The first-order valence-electron chi connectivity index (χ1n) is 12.3. The second kappa shape index (κ2) is 11.8. The molecule has 0 heterocycles. The Morgan fingerprint density at radius 2 is 1.26 bits per heavy atom. The van der Waals surface area contributed by atoms with E-state index >= 15 is 0 Å². The van der Waals surface area contributed by atoms with Gasteiger partial charge < -0.3 is 24.8 Å². The Morgan fingerprint density at radius 1 is 0.718 bits per heavy atom. The summed E-state index contributed by atoms with van der Waals surface area (Å²) < 4.78 is 32.3. The fourth-order valence-electron chi connectivity index (χ4n) is 4.05. The van der Waals surface area contributed by atoms with E-state index in [0.717, 1.165) is 16.3 Å². The number of nitrogens with two attached hydrogens (primary N) is 1. The van der Waals surface area contributed by atoms with Crippen LogP contribution in [0.5, 0.6) is 11.5 Å². The molecule has 1 atom stereocenters. The van der Waals surface area contributed by atoms with Gasteiger partial charge in [-0.1, -0.05) is 84.9 Å². The SMILES string of the molecule is Nc1ccc2cc(C(NC(=O)OCc3ccccc3)P(=O)(Oc3ccccc3)Oc3ccccc3)ccc2c1. The number of amides is 1. The molecule has 3 N–H and O–H groups in total. The molecule has 196 valence electrons. The van der Waals surface area contributed by atoms with Crippen molar-refractivity contribution in [3.05, 3.63) is 139 Å². The average Bonchev–Trinajstić information content (AvgIpc) is 2.96. The highest BCUT2D eigenvalue weighted by Crippen LogP contribution is 2.59. The number of hydrogen-bond acceptors (Lipinski definition) is 6. The van der Waals surface area contributed by atoms with Gasteiger partial charge in [-0.25, -0.2) is 9.36 Å². The van der Waals surface area contributed by atoms with Crippen LogP contribution in [0, 0.1) is 0 Å². The molecule has 0 saturated heterocycles. The lowest BCUT2D eigenvalue weighted by Crippen LogP contribution is -2.31. The van der Waals surface area contributed by atoms with E-state index in [2.05, 4.69) is 5.32 Å². The molecule has 0 radical (unpaired) electrons. The molecule has 0 aliphatic rings. The molecule has 5 rings (SSSR count). The summed E-state index contributed by atoms with van der Waals surface area (Å²) in [6.07, 6.45) is -0.769. The minimum atomic E-state index is -4.17. The molecule has 0 spiro atoms. The van der Waals surface area contributed by atoms with Crippen LogP contribution in [-0.2, 0) is 15.9 Å². The van der Waals surface area contributed by atoms with Crippen molar-refractivity contribution >= 4 is 30.1 Å². The lowest BCUT2D eigenvalue weighted by molar-refractivity contribution is 0.137. The average molecular weight is 539 g/mol. The van der Waals surface area contributed by atoms with Crippen molar-refractivity contribution in [3.63, 3.8) is 0 Å². The van der Waals surface area contributed by atoms with Crippen molar-refractivity contribution in [2.45, 2.75) is 12.4 Å². The quantitative estimate of drug-likeness (QED) is 0.147. The topological polar surface area (TPSA) is 99.9 Å². The maximum Gasteiger partial charge on any atom is 0.457 e. The van der Waals surface area contributed by atoms with Crippen molar-refractivity contribution in [2.24, 2.45) is 0 Å². The van der Waals surface area contributed by atoms with Gasteiger partial charge in [0.1, 0.15) is 18.1 Å². The van der Waals surface area contributed by atoms with E-state index in [0.29, 0.717) is 22.7 Å². The fraction of sp³-hybridized carbons (Fsp3) is 0.0645. The van der Waals surface area contributed by atoms with Crippen LogP contribution < -0.4 is 20.1 Å². The lowest BCUT2D eigenvalue weighted by atomic mass is 10.1. The molecule has 1 amide bonds. The third-order valence-electron chi connectivity index (χ3n) is 5.94. The molecular formula is C31H27N2O5P. The number of nitrogen functional groups attached to an aromatic ring is 1. The van der Waals surface area contributed by atoms with Crippen molar-refractivity contribution < 1.29 is 23.1 Å². The lowest BCUT2D eigenvalue weighted by Gasteiger charge is -2.28. The normalized spacial score (nSPS) is 11.9. The van der Waals surface area contributed by atoms with Crippen molar-refractivity contribution in [1.82, 2.24) is 5.32 Å². The second-order valence-corrected chi connectivity index (χ2v) is 10.8. The molecule has 0 aliphatic carbocycles. The minimum absolute atomic E-state index is 0.0414. The number of hydrogen-bond donors (Lipinski definition) is 2. The molecule has 8 heteroatoms. The van der Waals surface area contributed by atoms with Crippen LogP contribution in [0.15, 0.2) is 127 Å². The van der Waals surface area contributed by atoms with E-state index in [1.54, 1.807) is 60.7 Å². The number of anilines is 1. The van der Waals surface area contributed by atoms with Gasteiger partial charge in [-0.3, -0.25) is 0 Å². The molecule has 5 aromatic rings. The predicted molar refractivity (Wildman–Crippen MR) is 153 cm³/mol. The highest BCUT2D eigenvalue weighted by atomic mass is 31.2. The molecule has 0 fully saturated rings. The summed E-state index contributed by atoms with van der Waals surface area (Å²) in [5.74, 6) is -0.548. The first-order valence-corrected chi connectivity index (χ1v) is 14.0. The molecule has 5 aromatic carbocycles. The molecule has 1 unspecified atom stereocenters. The number of fused-ring (bicyclic) bond motifs is 1. The molecule has 0 aliphatic heterocycles. The van der Waals surface area contributed by atoms with Crippen molar-refractivity contribution in [1.29, 1.82) is 0 Å². The maximum atomic E-state index is 14.7. The number of nitrogens with one attached hydrogen (secondary N) is 1. The van der Waals surface area contributed by atoms with E-state index in [1.165, 1.54) is 0 Å². The van der Waals surface area contributed by atoms with E-state index in [9.17, 15) is 9.36 Å².